The van der Waals surface area contributed by atoms with E-state index in [0.29, 0.717) is 17.6 Å². The van der Waals surface area contributed by atoms with E-state index in [1.54, 1.807) is 15.5 Å². The number of nitrogens with one attached hydrogen (secondary N) is 1. The molecule has 0 fully saturated rings. The summed E-state index contributed by atoms with van der Waals surface area (Å²) in [7, 11) is 0. The second kappa shape index (κ2) is 8.63. The molecule has 3 aromatic carbocycles. The lowest BCUT2D eigenvalue weighted by molar-refractivity contribution is -0.116. The number of anilines is 1. The molecule has 0 aliphatic carbocycles. The van der Waals surface area contributed by atoms with Crippen LogP contribution in [0, 0.1) is 20.8 Å². The normalized spacial score (nSPS) is 11.3. The largest absolute Gasteiger partial charge is 0.325 e. The van der Waals surface area contributed by atoms with Gasteiger partial charge in [0.2, 0.25) is 5.91 Å². The Morgan fingerprint density at radius 1 is 0.941 bits per heavy atom. The van der Waals surface area contributed by atoms with Gasteiger partial charge in [-0.05, 0) is 61.7 Å². The number of rotatable bonds is 5. The van der Waals surface area contributed by atoms with Crippen molar-refractivity contribution in [2.75, 3.05) is 5.32 Å². The highest BCUT2D eigenvalue weighted by Crippen LogP contribution is 2.27. The minimum Gasteiger partial charge on any atom is -0.325 e. The van der Waals surface area contributed by atoms with E-state index in [9.17, 15) is 9.59 Å². The van der Waals surface area contributed by atoms with Gasteiger partial charge in [0.25, 0.3) is 5.56 Å². The van der Waals surface area contributed by atoms with Crippen molar-refractivity contribution in [3.05, 3.63) is 106 Å². The van der Waals surface area contributed by atoms with Crippen LogP contribution >= 0.6 is 0 Å². The van der Waals surface area contributed by atoms with Crippen LogP contribution in [0.15, 0.2) is 77.9 Å². The van der Waals surface area contributed by atoms with Gasteiger partial charge in [0.1, 0.15) is 17.6 Å². The fourth-order valence-electron chi connectivity index (χ4n) is 4.33. The first-order valence-corrected chi connectivity index (χ1v) is 11.3. The van der Waals surface area contributed by atoms with Crippen LogP contribution in [0.25, 0.3) is 21.9 Å². The highest BCUT2D eigenvalue weighted by Gasteiger charge is 2.19. The highest BCUT2D eigenvalue weighted by molar-refractivity contribution is 6.06. The number of carbonyl (C=O) groups is 1. The quantitative estimate of drug-likeness (QED) is 0.411. The Bertz CT molecular complexity index is 1600. The molecule has 0 saturated carbocycles. The maximum Gasteiger partial charge on any atom is 0.278 e. The second-order valence-electron chi connectivity index (χ2n) is 8.81. The lowest BCUT2D eigenvalue weighted by Crippen LogP contribution is -2.25. The first-order valence-electron chi connectivity index (χ1n) is 11.3. The topological polar surface area (TPSA) is 68.9 Å². The fourth-order valence-corrected chi connectivity index (χ4v) is 4.33. The third kappa shape index (κ3) is 3.99. The van der Waals surface area contributed by atoms with Gasteiger partial charge >= 0.3 is 0 Å². The van der Waals surface area contributed by atoms with E-state index in [4.69, 9.17) is 0 Å². The molecular weight excluding hydrogens is 424 g/mol. The van der Waals surface area contributed by atoms with E-state index < -0.39 is 0 Å². The molecule has 6 nitrogen and oxygen atoms in total. The molecule has 0 saturated heterocycles. The van der Waals surface area contributed by atoms with Crippen molar-refractivity contribution in [2.45, 2.75) is 33.9 Å². The fraction of sp³-hybridized carbons (Fsp3) is 0.179. The van der Waals surface area contributed by atoms with Gasteiger partial charge in [-0.1, -0.05) is 48.0 Å². The van der Waals surface area contributed by atoms with Crippen molar-refractivity contribution in [1.29, 1.82) is 0 Å². The smallest absolute Gasteiger partial charge is 0.278 e. The molecule has 170 valence electrons. The zero-order valence-corrected chi connectivity index (χ0v) is 19.5. The molecule has 1 amide bonds. The van der Waals surface area contributed by atoms with Crippen LogP contribution in [0.1, 0.15) is 22.3 Å². The molecule has 0 radical (unpaired) electrons. The minimum atomic E-state index is -0.194. The van der Waals surface area contributed by atoms with Crippen molar-refractivity contribution < 1.29 is 4.79 Å². The maximum atomic E-state index is 13.6. The summed E-state index contributed by atoms with van der Waals surface area (Å²) in [4.78, 5) is 31.3. The monoisotopic (exact) mass is 450 g/mol. The molecule has 0 aliphatic rings. The first kappa shape index (κ1) is 21.6. The van der Waals surface area contributed by atoms with Crippen LogP contribution in [0.3, 0.4) is 0 Å². The van der Waals surface area contributed by atoms with Crippen molar-refractivity contribution in [2.24, 2.45) is 0 Å². The molecule has 0 atom stereocenters. The van der Waals surface area contributed by atoms with Gasteiger partial charge in [-0.3, -0.25) is 14.2 Å². The van der Waals surface area contributed by atoms with Gasteiger partial charge < -0.3 is 9.88 Å². The van der Waals surface area contributed by atoms with Gasteiger partial charge in [-0.2, -0.15) is 0 Å². The van der Waals surface area contributed by atoms with E-state index >= 15 is 0 Å². The lowest BCUT2D eigenvalue weighted by Gasteiger charge is -2.11. The zero-order chi connectivity index (χ0) is 23.8. The Morgan fingerprint density at radius 2 is 1.74 bits per heavy atom. The van der Waals surface area contributed by atoms with Crippen molar-refractivity contribution in [3.8, 4) is 0 Å². The highest BCUT2D eigenvalue weighted by atomic mass is 16.2. The molecule has 0 bridgehead atoms. The Morgan fingerprint density at radius 3 is 2.50 bits per heavy atom. The number of benzene rings is 3. The van der Waals surface area contributed by atoms with Crippen molar-refractivity contribution >= 4 is 33.5 Å². The van der Waals surface area contributed by atoms with Gasteiger partial charge in [-0.15, -0.1) is 0 Å². The van der Waals surface area contributed by atoms with Crippen LogP contribution < -0.4 is 10.9 Å². The summed E-state index contributed by atoms with van der Waals surface area (Å²) in [6.45, 7) is 6.49. The summed E-state index contributed by atoms with van der Waals surface area (Å²) in [5.41, 5.74) is 6.81. The Labute approximate surface area is 197 Å². The molecule has 2 heterocycles. The van der Waals surface area contributed by atoms with E-state index in [-0.39, 0.29) is 18.0 Å². The summed E-state index contributed by atoms with van der Waals surface area (Å²) in [6.07, 6.45) is 1.60. The van der Waals surface area contributed by atoms with Crippen LogP contribution in [0.5, 0.6) is 0 Å². The Balaban J connectivity index is 1.59. The number of fused-ring (bicyclic) bond motifs is 3. The molecule has 34 heavy (non-hydrogen) atoms. The minimum absolute atomic E-state index is 0.0161. The van der Waals surface area contributed by atoms with Crippen molar-refractivity contribution in [3.63, 3.8) is 0 Å². The third-order valence-corrected chi connectivity index (χ3v) is 6.27. The van der Waals surface area contributed by atoms with Crippen LogP contribution in [-0.2, 0) is 17.9 Å². The SMILES string of the molecule is Cc1ccc2c(c1)c1ncn(Cc3ccccc3)c(=O)c1n2CC(=O)Nc1ccc(C)c(C)c1. The standard InChI is InChI=1S/C28H26N4O2/c1-18-9-12-24-23(13-18)26-27(28(34)31(17-29-26)15-21-7-5-4-6-8-21)32(24)16-25(33)30-22-11-10-19(2)20(3)14-22/h4-14,17H,15-16H2,1-3H3,(H,30,33). The molecule has 5 rings (SSSR count). The third-order valence-electron chi connectivity index (χ3n) is 6.27. The van der Waals surface area contributed by atoms with Gasteiger partial charge in [0, 0.05) is 11.1 Å². The number of hydrogen-bond acceptors (Lipinski definition) is 3. The summed E-state index contributed by atoms with van der Waals surface area (Å²) in [6, 6.07) is 21.6. The molecule has 0 aliphatic heterocycles. The maximum absolute atomic E-state index is 13.6. The second-order valence-corrected chi connectivity index (χ2v) is 8.81. The Kier molecular flexibility index (Phi) is 5.49. The van der Waals surface area contributed by atoms with Gasteiger partial charge in [0.15, 0.2) is 0 Å². The number of carbonyl (C=O) groups excluding carboxylic acids is 1. The molecule has 6 heteroatoms. The summed E-state index contributed by atoms with van der Waals surface area (Å²) in [5.74, 6) is -0.194. The van der Waals surface area contributed by atoms with E-state index in [1.165, 1.54) is 5.56 Å². The summed E-state index contributed by atoms with van der Waals surface area (Å²) >= 11 is 0. The predicted molar refractivity (Wildman–Crippen MR) is 136 cm³/mol. The molecule has 2 aromatic heterocycles. The molecule has 1 N–H and O–H groups in total. The zero-order valence-electron chi connectivity index (χ0n) is 19.5. The van der Waals surface area contributed by atoms with Crippen LogP contribution in [0.2, 0.25) is 0 Å². The van der Waals surface area contributed by atoms with Crippen LogP contribution in [-0.4, -0.2) is 20.0 Å². The molecule has 0 unspecified atom stereocenters. The number of hydrogen-bond donors (Lipinski definition) is 1. The number of aromatic nitrogens is 3. The average molecular weight is 451 g/mol. The lowest BCUT2D eigenvalue weighted by atomic mass is 10.1. The summed E-state index contributed by atoms with van der Waals surface area (Å²) in [5, 5.41) is 3.85. The first-order chi connectivity index (χ1) is 16.4. The average Bonchev–Trinajstić information content (AvgIpc) is 3.12. The number of amides is 1. The molecular formula is C28H26N4O2. The van der Waals surface area contributed by atoms with Crippen LogP contribution in [0.4, 0.5) is 5.69 Å². The van der Waals surface area contributed by atoms with E-state index in [1.807, 2.05) is 87.5 Å². The Hall–Kier alpha value is -4.19. The van der Waals surface area contributed by atoms with E-state index in [2.05, 4.69) is 10.3 Å². The van der Waals surface area contributed by atoms with Crippen molar-refractivity contribution in [1.82, 2.24) is 14.1 Å². The van der Waals surface area contributed by atoms with E-state index in [0.717, 1.165) is 33.3 Å². The number of aryl methyl sites for hydroxylation is 3. The number of nitrogens with zero attached hydrogens (tertiary/aromatic N) is 3. The predicted octanol–water partition coefficient (Wildman–Crippen LogP) is 4.96. The van der Waals surface area contributed by atoms with Gasteiger partial charge in [0.05, 0.1) is 18.4 Å². The molecule has 0 spiro atoms. The summed E-state index contributed by atoms with van der Waals surface area (Å²) < 4.78 is 3.39. The van der Waals surface area contributed by atoms with Gasteiger partial charge in [-0.25, -0.2) is 4.98 Å². The molecule has 5 aromatic rings.